The Morgan fingerprint density at radius 1 is 0.853 bits per heavy atom. The van der Waals surface area contributed by atoms with Crippen molar-refractivity contribution in [1.29, 1.82) is 0 Å². The third kappa shape index (κ3) is 4.96. The van der Waals surface area contributed by atoms with Crippen LogP contribution in [0.3, 0.4) is 0 Å². The number of aromatic nitrogens is 1. The number of rotatable bonds is 10. The Balaban J connectivity index is 1.56. The zero-order valence-corrected chi connectivity index (χ0v) is 19.3. The van der Waals surface area contributed by atoms with Gasteiger partial charge in [0, 0.05) is 53.5 Å². The highest BCUT2D eigenvalue weighted by atomic mass is 16.5. The lowest BCUT2D eigenvalue weighted by molar-refractivity contribution is -0.121. The summed E-state index contributed by atoms with van der Waals surface area (Å²) in [6, 6.07) is 22.8. The molecule has 3 aromatic carbocycles. The van der Waals surface area contributed by atoms with Crippen molar-refractivity contribution < 1.29 is 19.1 Å². The summed E-state index contributed by atoms with van der Waals surface area (Å²) in [7, 11) is 3.22. The van der Waals surface area contributed by atoms with Gasteiger partial charge in [-0.25, -0.2) is 0 Å². The highest BCUT2D eigenvalue weighted by Crippen LogP contribution is 2.40. The van der Waals surface area contributed by atoms with Gasteiger partial charge in [-0.3, -0.25) is 9.59 Å². The molecule has 0 aliphatic carbocycles. The number of hydrogen-bond acceptors (Lipinski definition) is 4. The minimum atomic E-state index is -0.185. The minimum Gasteiger partial charge on any atom is -0.493 e. The molecule has 0 radical (unpaired) electrons. The van der Waals surface area contributed by atoms with Crippen molar-refractivity contribution in [3.05, 3.63) is 95.7 Å². The summed E-state index contributed by atoms with van der Waals surface area (Å²) in [5, 5.41) is 4.10. The predicted molar refractivity (Wildman–Crippen MR) is 133 cm³/mol. The van der Waals surface area contributed by atoms with E-state index in [1.165, 1.54) is 0 Å². The molecular weight excluding hydrogens is 428 g/mol. The van der Waals surface area contributed by atoms with E-state index in [1.54, 1.807) is 26.4 Å². The van der Waals surface area contributed by atoms with Crippen LogP contribution in [0.5, 0.6) is 11.5 Å². The number of fused-ring (bicyclic) bond motifs is 1. The van der Waals surface area contributed by atoms with Crippen LogP contribution in [0.2, 0.25) is 0 Å². The molecule has 1 atom stereocenters. The average molecular weight is 457 g/mol. The number of benzene rings is 3. The van der Waals surface area contributed by atoms with Gasteiger partial charge in [0.25, 0.3) is 0 Å². The lowest BCUT2D eigenvalue weighted by atomic mass is 9.89. The number of hydrogen-bond donors (Lipinski definition) is 2. The number of Topliss-reactive ketones (excluding diaryl/α,β-unsaturated/α-hetero) is 1. The predicted octanol–water partition coefficient (Wildman–Crippen LogP) is 5.10. The molecule has 1 amide bonds. The molecule has 1 aromatic heterocycles. The molecular formula is C28H28N2O4. The van der Waals surface area contributed by atoms with Crippen LogP contribution in [0.4, 0.5) is 0 Å². The molecule has 0 fully saturated rings. The zero-order valence-electron chi connectivity index (χ0n) is 19.3. The number of aromatic amines is 1. The minimum absolute atomic E-state index is 0.0432. The van der Waals surface area contributed by atoms with Crippen LogP contribution in [0, 0.1) is 0 Å². The van der Waals surface area contributed by atoms with Crippen molar-refractivity contribution in [1.82, 2.24) is 10.3 Å². The summed E-state index contributed by atoms with van der Waals surface area (Å²) in [5.74, 6) is 0.864. The van der Waals surface area contributed by atoms with Gasteiger partial charge in [0.15, 0.2) is 17.3 Å². The lowest BCUT2D eigenvalue weighted by Gasteiger charge is -2.22. The molecule has 1 heterocycles. The molecule has 34 heavy (non-hydrogen) atoms. The lowest BCUT2D eigenvalue weighted by Crippen LogP contribution is -2.29. The molecule has 4 aromatic rings. The molecule has 1 unspecified atom stereocenters. The van der Waals surface area contributed by atoms with Crippen molar-refractivity contribution in [2.24, 2.45) is 0 Å². The molecule has 0 saturated carbocycles. The van der Waals surface area contributed by atoms with Gasteiger partial charge < -0.3 is 19.8 Å². The van der Waals surface area contributed by atoms with E-state index < -0.39 is 0 Å². The summed E-state index contributed by atoms with van der Waals surface area (Å²) >= 11 is 0. The number of amides is 1. The van der Waals surface area contributed by atoms with Gasteiger partial charge in [-0.1, -0.05) is 60.7 Å². The van der Waals surface area contributed by atoms with Crippen LogP contribution < -0.4 is 14.8 Å². The number of carbonyl (C=O) groups is 2. The van der Waals surface area contributed by atoms with E-state index in [4.69, 9.17) is 9.47 Å². The van der Waals surface area contributed by atoms with Crippen molar-refractivity contribution in [2.45, 2.75) is 18.8 Å². The molecule has 0 aliphatic heterocycles. The second-order valence-electron chi connectivity index (χ2n) is 8.02. The van der Waals surface area contributed by atoms with Gasteiger partial charge in [-0.05, 0) is 17.7 Å². The van der Waals surface area contributed by atoms with E-state index in [9.17, 15) is 9.59 Å². The van der Waals surface area contributed by atoms with Crippen LogP contribution in [0.15, 0.2) is 79.0 Å². The van der Waals surface area contributed by atoms with Gasteiger partial charge in [0.2, 0.25) is 5.91 Å². The molecule has 0 aliphatic rings. The van der Waals surface area contributed by atoms with Gasteiger partial charge in [-0.2, -0.15) is 0 Å². The Labute approximate surface area is 198 Å². The van der Waals surface area contributed by atoms with E-state index in [2.05, 4.69) is 16.4 Å². The topological polar surface area (TPSA) is 80.4 Å². The molecule has 0 spiro atoms. The van der Waals surface area contributed by atoms with Crippen molar-refractivity contribution in [3.8, 4) is 11.5 Å². The van der Waals surface area contributed by atoms with Crippen molar-refractivity contribution in [2.75, 3.05) is 20.8 Å². The third-order valence-corrected chi connectivity index (χ3v) is 5.98. The van der Waals surface area contributed by atoms with E-state index in [0.717, 1.165) is 22.0 Å². The number of ketones is 1. The summed E-state index contributed by atoms with van der Waals surface area (Å²) in [5.41, 5.74) is 3.59. The van der Waals surface area contributed by atoms with E-state index in [-0.39, 0.29) is 30.4 Å². The number of ether oxygens (including phenoxy) is 2. The van der Waals surface area contributed by atoms with Gasteiger partial charge >= 0.3 is 0 Å². The monoisotopic (exact) mass is 456 g/mol. The van der Waals surface area contributed by atoms with Crippen LogP contribution in [0.25, 0.3) is 10.9 Å². The summed E-state index contributed by atoms with van der Waals surface area (Å²) < 4.78 is 11.2. The summed E-state index contributed by atoms with van der Waals surface area (Å²) in [6.45, 7) is 0.351. The summed E-state index contributed by atoms with van der Waals surface area (Å²) in [4.78, 5) is 28.4. The van der Waals surface area contributed by atoms with Crippen LogP contribution in [0.1, 0.15) is 40.2 Å². The molecule has 2 N–H and O–H groups in total. The molecule has 4 rings (SSSR count). The number of H-pyrrole nitrogens is 1. The second-order valence-corrected chi connectivity index (χ2v) is 8.02. The van der Waals surface area contributed by atoms with Crippen molar-refractivity contribution in [3.63, 3.8) is 0 Å². The van der Waals surface area contributed by atoms with Gasteiger partial charge in [0.1, 0.15) is 0 Å². The largest absolute Gasteiger partial charge is 0.493 e. The van der Waals surface area contributed by atoms with E-state index >= 15 is 0 Å². The van der Waals surface area contributed by atoms with Gasteiger partial charge in [0.05, 0.1) is 14.2 Å². The first-order chi connectivity index (χ1) is 16.6. The Morgan fingerprint density at radius 3 is 2.38 bits per heavy atom. The van der Waals surface area contributed by atoms with Crippen LogP contribution in [-0.4, -0.2) is 37.4 Å². The molecule has 174 valence electrons. The Bertz CT molecular complexity index is 1280. The number of carbonyl (C=O) groups excluding carboxylic acids is 2. The molecule has 0 bridgehead atoms. The smallest absolute Gasteiger partial charge is 0.220 e. The van der Waals surface area contributed by atoms with E-state index in [0.29, 0.717) is 23.6 Å². The van der Waals surface area contributed by atoms with Gasteiger partial charge in [-0.15, -0.1) is 0 Å². The molecule has 6 nitrogen and oxygen atoms in total. The maximum Gasteiger partial charge on any atom is 0.220 e. The first kappa shape index (κ1) is 23.1. The van der Waals surface area contributed by atoms with Crippen LogP contribution >= 0.6 is 0 Å². The maximum atomic E-state index is 12.7. The fraction of sp³-hybridized carbons (Fsp3) is 0.214. The standard InChI is InChI=1S/C28H28N2O4/c1-33-26-14-8-12-21(28(26)34-2)23(22-17-29-24-13-7-6-11-20(22)24)18-30-27(32)16-15-25(31)19-9-4-3-5-10-19/h3-14,17,23,29H,15-16,18H2,1-2H3,(H,30,32). The zero-order chi connectivity index (χ0) is 23.9. The second kappa shape index (κ2) is 10.7. The quantitative estimate of drug-likeness (QED) is 0.326. The fourth-order valence-electron chi connectivity index (χ4n) is 4.26. The number of methoxy groups -OCH3 is 2. The summed E-state index contributed by atoms with van der Waals surface area (Å²) in [6.07, 6.45) is 2.26. The molecule has 0 saturated heterocycles. The van der Waals surface area contributed by atoms with Crippen LogP contribution in [-0.2, 0) is 4.79 Å². The highest BCUT2D eigenvalue weighted by molar-refractivity contribution is 5.97. The van der Waals surface area contributed by atoms with Crippen molar-refractivity contribution >= 4 is 22.6 Å². The Morgan fingerprint density at radius 2 is 1.62 bits per heavy atom. The maximum absolute atomic E-state index is 12.7. The highest BCUT2D eigenvalue weighted by Gasteiger charge is 2.24. The first-order valence-corrected chi connectivity index (χ1v) is 11.2. The Kier molecular flexibility index (Phi) is 7.28. The number of para-hydroxylation sites is 2. The normalized spacial score (nSPS) is 11.7. The third-order valence-electron chi connectivity index (χ3n) is 5.98. The molecule has 6 heteroatoms. The first-order valence-electron chi connectivity index (χ1n) is 11.2. The van der Waals surface area contributed by atoms with E-state index in [1.807, 2.05) is 60.8 Å². The SMILES string of the molecule is COc1cccc(C(CNC(=O)CCC(=O)c2ccccc2)c2c[nH]c3ccccc23)c1OC. The number of nitrogens with one attached hydrogen (secondary N) is 2. The average Bonchev–Trinajstić information content (AvgIpc) is 3.31. The fourth-order valence-corrected chi connectivity index (χ4v) is 4.26. The Hall–Kier alpha value is -4.06.